The first-order chi connectivity index (χ1) is 20.0. The van der Waals surface area contributed by atoms with Gasteiger partial charge in [-0.2, -0.15) is 18.4 Å². The van der Waals surface area contributed by atoms with Gasteiger partial charge in [0.1, 0.15) is 11.9 Å². The minimum atomic E-state index is -4.72. The maximum atomic E-state index is 15.3. The molecule has 10 heteroatoms. The predicted molar refractivity (Wildman–Crippen MR) is 159 cm³/mol. The normalized spacial score (nSPS) is 12.5. The minimum Gasteiger partial charge on any atom is -0.350 e. The Labute approximate surface area is 250 Å². The first-order valence-corrected chi connectivity index (χ1v) is 14.1. The Morgan fingerprint density at radius 2 is 1.65 bits per heavy atom. The van der Waals surface area contributed by atoms with Crippen molar-refractivity contribution in [2.24, 2.45) is 5.92 Å². The van der Waals surface area contributed by atoms with Gasteiger partial charge in [-0.05, 0) is 111 Å². The molecule has 1 N–H and O–H groups in total. The zero-order valence-electron chi connectivity index (χ0n) is 25.6. The summed E-state index contributed by atoms with van der Waals surface area (Å²) in [5.41, 5.74) is 2.37. The smallest absolute Gasteiger partial charge is 0.350 e. The Kier molecular flexibility index (Phi) is 10.6. The van der Waals surface area contributed by atoms with Crippen LogP contribution in [0.2, 0.25) is 0 Å². The summed E-state index contributed by atoms with van der Waals surface area (Å²) in [4.78, 5) is 28.3. The van der Waals surface area contributed by atoms with E-state index >= 15 is 4.39 Å². The quantitative estimate of drug-likeness (QED) is 0.271. The lowest BCUT2D eigenvalue weighted by Gasteiger charge is -2.24. The molecule has 0 radical (unpaired) electrons. The molecular weight excluding hydrogens is 560 g/mol. The highest BCUT2D eigenvalue weighted by molar-refractivity contribution is 5.80. The highest BCUT2D eigenvalue weighted by Crippen LogP contribution is 2.33. The van der Waals surface area contributed by atoms with Crippen LogP contribution >= 0.6 is 0 Å². The zero-order valence-corrected chi connectivity index (χ0v) is 25.6. The van der Waals surface area contributed by atoms with E-state index in [1.807, 2.05) is 27.7 Å². The van der Waals surface area contributed by atoms with E-state index in [2.05, 4.69) is 11.4 Å². The number of hydrogen-bond donors (Lipinski definition) is 1. The summed E-state index contributed by atoms with van der Waals surface area (Å²) in [6.45, 7) is 9.18. The second kappa shape index (κ2) is 13.6. The third kappa shape index (κ3) is 8.11. The number of halogens is 4. The largest absolute Gasteiger partial charge is 0.416 e. The molecule has 1 atom stereocenters. The van der Waals surface area contributed by atoms with E-state index in [0.717, 1.165) is 33.0 Å². The molecule has 1 heterocycles. The highest BCUT2D eigenvalue weighted by atomic mass is 19.4. The van der Waals surface area contributed by atoms with Gasteiger partial charge in [-0.1, -0.05) is 13.8 Å². The average Bonchev–Trinajstić information content (AvgIpc) is 2.90. The number of nitrogens with zero attached hydrogens (tertiary/aromatic N) is 3. The topological polar surface area (TPSA) is 78.1 Å². The van der Waals surface area contributed by atoms with Crippen molar-refractivity contribution in [2.75, 3.05) is 20.6 Å². The summed E-state index contributed by atoms with van der Waals surface area (Å²) in [6, 6.07) is 8.46. The van der Waals surface area contributed by atoms with Gasteiger partial charge in [0, 0.05) is 30.9 Å². The number of amides is 1. The van der Waals surface area contributed by atoms with E-state index in [0.29, 0.717) is 23.7 Å². The molecule has 0 saturated heterocycles. The molecular formula is C33H38F4N4O2. The van der Waals surface area contributed by atoms with E-state index in [4.69, 9.17) is 0 Å². The fourth-order valence-corrected chi connectivity index (χ4v) is 5.34. The van der Waals surface area contributed by atoms with Gasteiger partial charge in [0.25, 0.3) is 5.56 Å². The molecule has 0 aliphatic heterocycles. The van der Waals surface area contributed by atoms with E-state index in [1.165, 1.54) is 0 Å². The highest BCUT2D eigenvalue weighted by Gasteiger charge is 2.35. The molecule has 3 aromatic rings. The number of nitrogens with one attached hydrogen (secondary N) is 1. The van der Waals surface area contributed by atoms with Crippen LogP contribution in [0, 0.1) is 43.8 Å². The Balaban J connectivity index is 1.99. The summed E-state index contributed by atoms with van der Waals surface area (Å²) >= 11 is 0. The second-order valence-electron chi connectivity index (χ2n) is 11.7. The minimum absolute atomic E-state index is 0.0314. The van der Waals surface area contributed by atoms with Gasteiger partial charge in [0.2, 0.25) is 5.91 Å². The summed E-state index contributed by atoms with van der Waals surface area (Å²) in [5.74, 6) is -1.16. The van der Waals surface area contributed by atoms with E-state index in [-0.39, 0.29) is 36.4 Å². The zero-order chi connectivity index (χ0) is 32.2. The molecule has 230 valence electrons. The summed E-state index contributed by atoms with van der Waals surface area (Å²) in [7, 11) is 3.47. The molecule has 0 aliphatic rings. The maximum Gasteiger partial charge on any atom is 0.416 e. The summed E-state index contributed by atoms with van der Waals surface area (Å²) in [6.07, 6.45) is -3.36. The lowest BCUT2D eigenvalue weighted by atomic mass is 9.91. The number of benzene rings is 2. The Morgan fingerprint density at radius 1 is 1.02 bits per heavy atom. The molecule has 0 aliphatic carbocycles. The number of carbonyl (C=O) groups is 1. The number of carbonyl (C=O) groups excluding carboxylic acids is 1. The Bertz CT molecular complexity index is 1580. The van der Waals surface area contributed by atoms with Gasteiger partial charge in [0.15, 0.2) is 0 Å². The summed E-state index contributed by atoms with van der Waals surface area (Å²) in [5, 5.41) is 12.0. The average molecular weight is 599 g/mol. The van der Waals surface area contributed by atoms with Crippen molar-refractivity contribution < 1.29 is 22.4 Å². The number of nitriles is 1. The SMILES string of the molecule is Cc1cc(-c2c(C)cc(C#N)cc2C)cc(CNC(=O)C(CC(C)C)n2cc(CCN(C)C)c(C(F)(F)F)cc2=O)c1F. The van der Waals surface area contributed by atoms with Crippen molar-refractivity contribution in [3.8, 4) is 17.2 Å². The Morgan fingerprint density at radius 3 is 2.19 bits per heavy atom. The van der Waals surface area contributed by atoms with Crippen LogP contribution in [0.1, 0.15) is 65.3 Å². The first kappa shape index (κ1) is 33.5. The molecule has 0 fully saturated rings. The molecule has 0 spiro atoms. The van der Waals surface area contributed by atoms with Gasteiger partial charge in [-0.25, -0.2) is 4.39 Å². The van der Waals surface area contributed by atoms with Gasteiger partial charge < -0.3 is 14.8 Å². The van der Waals surface area contributed by atoms with Crippen molar-refractivity contribution in [1.82, 2.24) is 14.8 Å². The van der Waals surface area contributed by atoms with Crippen LogP contribution in [0.5, 0.6) is 0 Å². The van der Waals surface area contributed by atoms with Crippen LogP contribution in [-0.2, 0) is 23.9 Å². The van der Waals surface area contributed by atoms with Gasteiger partial charge in [-0.15, -0.1) is 0 Å². The number of hydrogen-bond acceptors (Lipinski definition) is 4. The van der Waals surface area contributed by atoms with Crippen molar-refractivity contribution in [3.05, 3.63) is 91.6 Å². The monoisotopic (exact) mass is 598 g/mol. The molecule has 2 aromatic carbocycles. The Hall–Kier alpha value is -3.97. The van der Waals surface area contributed by atoms with E-state index in [1.54, 1.807) is 50.2 Å². The van der Waals surface area contributed by atoms with Crippen LogP contribution in [0.25, 0.3) is 11.1 Å². The number of likely N-dealkylation sites (N-methyl/N-ethyl adjacent to an activating group) is 1. The van der Waals surface area contributed by atoms with Gasteiger partial charge in [0.05, 0.1) is 17.2 Å². The molecule has 43 heavy (non-hydrogen) atoms. The number of pyridine rings is 1. The fraction of sp³-hybridized carbons (Fsp3) is 0.424. The van der Waals surface area contributed by atoms with Crippen LogP contribution < -0.4 is 10.9 Å². The van der Waals surface area contributed by atoms with E-state index < -0.39 is 35.1 Å². The first-order valence-electron chi connectivity index (χ1n) is 14.1. The maximum absolute atomic E-state index is 15.3. The standard InChI is InChI=1S/C33H38F4N4O2/c1-19(2)10-28(41-18-24(8-9-40(6)7)27(15-29(41)42)33(35,36)37)32(43)39-17-26-14-25(13-22(5)31(26)34)30-20(3)11-23(16-38)12-21(30)4/h11-15,18-19,28H,8-10,17H2,1-7H3,(H,39,43). The lowest BCUT2D eigenvalue weighted by Crippen LogP contribution is -2.38. The molecule has 6 nitrogen and oxygen atoms in total. The number of alkyl halides is 3. The van der Waals surface area contributed by atoms with Crippen molar-refractivity contribution in [2.45, 2.75) is 66.2 Å². The van der Waals surface area contributed by atoms with Crippen LogP contribution in [-0.4, -0.2) is 36.0 Å². The fourth-order valence-electron chi connectivity index (χ4n) is 5.34. The van der Waals surface area contributed by atoms with Crippen molar-refractivity contribution in [3.63, 3.8) is 0 Å². The predicted octanol–water partition coefficient (Wildman–Crippen LogP) is 6.48. The number of aryl methyl sites for hydroxylation is 3. The van der Waals surface area contributed by atoms with Crippen LogP contribution in [0.15, 0.2) is 41.3 Å². The second-order valence-corrected chi connectivity index (χ2v) is 11.7. The molecule has 1 aromatic heterocycles. The molecule has 1 amide bonds. The van der Waals surface area contributed by atoms with Crippen LogP contribution in [0.3, 0.4) is 0 Å². The molecule has 3 rings (SSSR count). The van der Waals surface area contributed by atoms with Gasteiger partial charge >= 0.3 is 6.18 Å². The van der Waals surface area contributed by atoms with E-state index in [9.17, 15) is 28.0 Å². The van der Waals surface area contributed by atoms with Crippen LogP contribution in [0.4, 0.5) is 17.6 Å². The molecule has 0 bridgehead atoms. The number of rotatable bonds is 10. The van der Waals surface area contributed by atoms with Gasteiger partial charge in [-0.3, -0.25) is 9.59 Å². The van der Waals surface area contributed by atoms with Crippen molar-refractivity contribution in [1.29, 1.82) is 5.26 Å². The third-order valence-corrected chi connectivity index (χ3v) is 7.36. The van der Waals surface area contributed by atoms with Crippen molar-refractivity contribution >= 4 is 5.91 Å². The lowest BCUT2D eigenvalue weighted by molar-refractivity contribution is -0.138. The molecule has 1 unspecified atom stereocenters. The third-order valence-electron chi connectivity index (χ3n) is 7.36. The molecule has 0 saturated carbocycles. The summed E-state index contributed by atoms with van der Waals surface area (Å²) < 4.78 is 57.7. The number of aromatic nitrogens is 1.